The lowest BCUT2D eigenvalue weighted by atomic mass is 9.72. The number of aromatic nitrogens is 4. The van der Waals surface area contributed by atoms with E-state index in [0.29, 0.717) is 5.41 Å². The summed E-state index contributed by atoms with van der Waals surface area (Å²) < 4.78 is 9.68. The SMILES string of the molecule is Cc1cc(CN2CCC3(CCOCC3)CC2)c(C)n1-n1cnnc1. The maximum atomic E-state index is 5.56. The van der Waals surface area contributed by atoms with Gasteiger partial charge in [0, 0.05) is 31.1 Å². The second-order valence-electron chi connectivity index (χ2n) is 7.44. The molecule has 2 aliphatic heterocycles. The van der Waals surface area contributed by atoms with Crippen LogP contribution in [0.2, 0.25) is 0 Å². The second-order valence-corrected chi connectivity index (χ2v) is 7.44. The molecule has 2 aromatic rings. The highest BCUT2D eigenvalue weighted by molar-refractivity contribution is 5.27. The summed E-state index contributed by atoms with van der Waals surface area (Å²) in [6.07, 6.45) is 8.65. The van der Waals surface area contributed by atoms with Crippen LogP contribution < -0.4 is 0 Å². The topological polar surface area (TPSA) is 48.1 Å². The van der Waals surface area contributed by atoms with Crippen molar-refractivity contribution < 1.29 is 4.74 Å². The molecule has 2 saturated heterocycles. The first-order chi connectivity index (χ1) is 11.7. The van der Waals surface area contributed by atoms with Gasteiger partial charge in [0.1, 0.15) is 12.7 Å². The van der Waals surface area contributed by atoms with Crippen LogP contribution in [0.3, 0.4) is 0 Å². The average molecular weight is 329 g/mol. The fourth-order valence-electron chi connectivity index (χ4n) is 4.36. The molecule has 0 saturated carbocycles. The lowest BCUT2D eigenvalue weighted by molar-refractivity contribution is -0.0218. The van der Waals surface area contributed by atoms with Crippen LogP contribution in [0.15, 0.2) is 18.7 Å². The highest BCUT2D eigenvalue weighted by Crippen LogP contribution is 2.40. The molecular formula is C18H27N5O. The highest BCUT2D eigenvalue weighted by Gasteiger charge is 2.36. The molecule has 0 bridgehead atoms. The van der Waals surface area contributed by atoms with E-state index in [-0.39, 0.29) is 0 Å². The van der Waals surface area contributed by atoms with Gasteiger partial charge in [0.05, 0.1) is 0 Å². The standard InChI is InChI=1S/C18H27N5O/c1-15-11-17(16(2)23(15)22-13-19-20-14-22)12-21-7-3-18(4-8-21)5-9-24-10-6-18/h11,13-14H,3-10,12H2,1-2H3. The van der Waals surface area contributed by atoms with Gasteiger partial charge in [-0.2, -0.15) is 0 Å². The average Bonchev–Trinajstić information content (AvgIpc) is 3.19. The molecule has 0 aliphatic carbocycles. The Kier molecular flexibility index (Phi) is 4.18. The van der Waals surface area contributed by atoms with Crippen molar-refractivity contribution in [2.45, 2.75) is 46.1 Å². The number of rotatable bonds is 3. The summed E-state index contributed by atoms with van der Waals surface area (Å²) in [6.45, 7) is 9.69. The molecule has 24 heavy (non-hydrogen) atoms. The maximum absolute atomic E-state index is 5.56. The van der Waals surface area contributed by atoms with Crippen LogP contribution in [-0.2, 0) is 11.3 Å². The molecule has 1 spiro atoms. The molecule has 0 N–H and O–H groups in total. The minimum absolute atomic E-state index is 0.564. The molecule has 130 valence electrons. The largest absolute Gasteiger partial charge is 0.381 e. The first-order valence-electron chi connectivity index (χ1n) is 9.00. The minimum Gasteiger partial charge on any atom is -0.381 e. The molecule has 6 heteroatoms. The van der Waals surface area contributed by atoms with Gasteiger partial charge in [-0.3, -0.25) is 9.58 Å². The number of hydrogen-bond acceptors (Lipinski definition) is 4. The zero-order valence-corrected chi connectivity index (χ0v) is 14.7. The summed E-state index contributed by atoms with van der Waals surface area (Å²) >= 11 is 0. The first kappa shape index (κ1) is 15.8. The van der Waals surface area contributed by atoms with E-state index in [4.69, 9.17) is 4.74 Å². The van der Waals surface area contributed by atoms with E-state index in [0.717, 1.165) is 19.8 Å². The van der Waals surface area contributed by atoms with Crippen LogP contribution in [0, 0.1) is 19.3 Å². The zero-order chi connectivity index (χ0) is 16.6. The molecule has 0 radical (unpaired) electrons. The molecule has 0 aromatic carbocycles. The van der Waals surface area contributed by atoms with E-state index in [1.54, 1.807) is 12.7 Å². The van der Waals surface area contributed by atoms with Crippen molar-refractivity contribution >= 4 is 0 Å². The Balaban J connectivity index is 1.44. The molecule has 2 aliphatic rings. The van der Waals surface area contributed by atoms with Crippen LogP contribution in [0.25, 0.3) is 0 Å². The number of aryl methyl sites for hydroxylation is 1. The van der Waals surface area contributed by atoms with Crippen LogP contribution in [0.4, 0.5) is 0 Å². The number of hydrogen-bond donors (Lipinski definition) is 0. The normalized spacial score (nSPS) is 21.4. The van der Waals surface area contributed by atoms with Crippen molar-refractivity contribution in [3.63, 3.8) is 0 Å². The number of ether oxygens (including phenoxy) is 1. The Bertz CT molecular complexity index is 675. The maximum Gasteiger partial charge on any atom is 0.139 e. The van der Waals surface area contributed by atoms with E-state index < -0.39 is 0 Å². The van der Waals surface area contributed by atoms with Gasteiger partial charge in [0.25, 0.3) is 0 Å². The smallest absolute Gasteiger partial charge is 0.139 e. The monoisotopic (exact) mass is 329 g/mol. The molecule has 4 rings (SSSR count). The van der Waals surface area contributed by atoms with Crippen LogP contribution in [0.1, 0.15) is 42.6 Å². The first-order valence-corrected chi connectivity index (χ1v) is 9.00. The van der Waals surface area contributed by atoms with Crippen LogP contribution >= 0.6 is 0 Å². The third kappa shape index (κ3) is 2.89. The summed E-state index contributed by atoms with van der Waals surface area (Å²) in [4.78, 5) is 2.61. The summed E-state index contributed by atoms with van der Waals surface area (Å²) in [7, 11) is 0. The van der Waals surface area contributed by atoms with E-state index in [9.17, 15) is 0 Å². The summed E-state index contributed by atoms with van der Waals surface area (Å²) in [5.74, 6) is 0. The highest BCUT2D eigenvalue weighted by atomic mass is 16.5. The molecule has 0 amide bonds. The second kappa shape index (κ2) is 6.33. The van der Waals surface area contributed by atoms with Gasteiger partial charge in [0.15, 0.2) is 0 Å². The molecule has 0 atom stereocenters. The van der Waals surface area contributed by atoms with Crippen LogP contribution in [0.5, 0.6) is 0 Å². The predicted octanol–water partition coefficient (Wildman–Crippen LogP) is 2.40. The van der Waals surface area contributed by atoms with E-state index >= 15 is 0 Å². The molecule has 2 fully saturated rings. The van der Waals surface area contributed by atoms with Gasteiger partial charge in [-0.1, -0.05) is 0 Å². The number of nitrogens with zero attached hydrogens (tertiary/aromatic N) is 5. The van der Waals surface area contributed by atoms with Gasteiger partial charge >= 0.3 is 0 Å². The third-order valence-corrected chi connectivity index (χ3v) is 6.00. The van der Waals surface area contributed by atoms with Crippen molar-refractivity contribution in [3.8, 4) is 0 Å². The lowest BCUT2D eigenvalue weighted by Gasteiger charge is -2.44. The Labute approximate surface area is 143 Å². The minimum atomic E-state index is 0.564. The van der Waals surface area contributed by atoms with E-state index in [2.05, 4.69) is 39.7 Å². The fraction of sp³-hybridized carbons (Fsp3) is 0.667. The number of piperidine rings is 1. The Morgan fingerprint density at radius 3 is 2.38 bits per heavy atom. The molecular weight excluding hydrogens is 302 g/mol. The van der Waals surface area contributed by atoms with Gasteiger partial charge in [-0.15, -0.1) is 10.2 Å². The molecule has 2 aromatic heterocycles. The van der Waals surface area contributed by atoms with E-state index in [1.165, 1.54) is 55.7 Å². The lowest BCUT2D eigenvalue weighted by Crippen LogP contribution is -2.42. The van der Waals surface area contributed by atoms with Crippen molar-refractivity contribution in [1.29, 1.82) is 0 Å². The molecule has 4 heterocycles. The zero-order valence-electron chi connectivity index (χ0n) is 14.7. The van der Waals surface area contributed by atoms with Gasteiger partial charge in [0.2, 0.25) is 0 Å². The van der Waals surface area contributed by atoms with Crippen molar-refractivity contribution in [2.24, 2.45) is 5.41 Å². The Hall–Kier alpha value is -1.66. The predicted molar refractivity (Wildman–Crippen MR) is 91.7 cm³/mol. The van der Waals surface area contributed by atoms with Gasteiger partial charge in [-0.05, 0) is 69.7 Å². The molecule has 0 unspecified atom stereocenters. The summed E-state index contributed by atoms with van der Waals surface area (Å²) in [6, 6.07) is 2.30. The number of likely N-dealkylation sites (tertiary alicyclic amines) is 1. The Morgan fingerprint density at radius 2 is 1.71 bits per heavy atom. The third-order valence-electron chi connectivity index (χ3n) is 6.00. The summed E-state index contributed by atoms with van der Waals surface area (Å²) in [5.41, 5.74) is 4.47. The quantitative estimate of drug-likeness (QED) is 0.867. The Morgan fingerprint density at radius 1 is 1.04 bits per heavy atom. The fourth-order valence-corrected chi connectivity index (χ4v) is 4.36. The van der Waals surface area contributed by atoms with Crippen LogP contribution in [-0.4, -0.2) is 50.8 Å². The van der Waals surface area contributed by atoms with Crippen molar-refractivity contribution in [1.82, 2.24) is 24.4 Å². The van der Waals surface area contributed by atoms with Crippen molar-refractivity contribution in [3.05, 3.63) is 35.7 Å². The van der Waals surface area contributed by atoms with Gasteiger partial charge < -0.3 is 4.74 Å². The van der Waals surface area contributed by atoms with Gasteiger partial charge in [-0.25, -0.2) is 4.68 Å². The summed E-state index contributed by atoms with van der Waals surface area (Å²) in [5, 5.41) is 7.85. The molecule has 6 nitrogen and oxygen atoms in total. The van der Waals surface area contributed by atoms with Crippen molar-refractivity contribution in [2.75, 3.05) is 26.3 Å². The van der Waals surface area contributed by atoms with E-state index in [1.807, 2.05) is 4.68 Å².